The predicted octanol–water partition coefficient (Wildman–Crippen LogP) is 3.82. The van der Waals surface area contributed by atoms with E-state index in [1.54, 1.807) is 12.1 Å². The number of thiocarbonyl (C=S) groups is 1. The Kier molecular flexibility index (Phi) is 7.35. The van der Waals surface area contributed by atoms with E-state index in [4.69, 9.17) is 12.2 Å². The fraction of sp³-hybridized carbons (Fsp3) is 0.350. The number of rotatable bonds is 7. The lowest BCUT2D eigenvalue weighted by Gasteiger charge is -2.18. The zero-order chi connectivity index (χ0) is 20.0. The lowest BCUT2D eigenvalue weighted by molar-refractivity contribution is 0.445. The van der Waals surface area contributed by atoms with Gasteiger partial charge >= 0.3 is 0 Å². The zero-order valence-electron chi connectivity index (χ0n) is 16.2. The van der Waals surface area contributed by atoms with Crippen LogP contribution in [0.3, 0.4) is 0 Å². The van der Waals surface area contributed by atoms with Crippen molar-refractivity contribution >= 4 is 33.0 Å². The molecule has 0 atom stereocenters. The SMILES string of the molecule is CCN(CC)S(=O)(=O)c1ccc(CNC(=S)Nc2cc(C)cc(C)c2)cc1. The quantitative estimate of drug-likeness (QED) is 0.686. The van der Waals surface area contributed by atoms with Crippen LogP contribution in [0.1, 0.15) is 30.5 Å². The Balaban J connectivity index is 1.97. The molecule has 0 fully saturated rings. The highest BCUT2D eigenvalue weighted by Gasteiger charge is 2.21. The Hall–Kier alpha value is -1.96. The standard InChI is InChI=1S/C20H27N3O2S2/c1-5-23(6-2)27(24,25)19-9-7-17(8-10-19)14-21-20(26)22-18-12-15(3)11-16(4)13-18/h7-13H,5-6,14H2,1-4H3,(H2,21,22,26). The molecule has 0 amide bonds. The Morgan fingerprint density at radius 1 is 1.00 bits per heavy atom. The molecule has 0 aromatic heterocycles. The Morgan fingerprint density at radius 3 is 2.07 bits per heavy atom. The topological polar surface area (TPSA) is 61.4 Å². The normalized spacial score (nSPS) is 11.4. The van der Waals surface area contributed by atoms with Crippen molar-refractivity contribution in [1.82, 2.24) is 9.62 Å². The lowest BCUT2D eigenvalue weighted by Crippen LogP contribution is -2.30. The number of hydrogen-bond donors (Lipinski definition) is 2. The molecule has 5 nitrogen and oxygen atoms in total. The van der Waals surface area contributed by atoms with E-state index in [9.17, 15) is 8.42 Å². The summed E-state index contributed by atoms with van der Waals surface area (Å²) in [5.41, 5.74) is 4.25. The summed E-state index contributed by atoms with van der Waals surface area (Å²) in [7, 11) is -3.42. The van der Waals surface area contributed by atoms with Gasteiger partial charge < -0.3 is 10.6 Å². The predicted molar refractivity (Wildman–Crippen MR) is 116 cm³/mol. The molecule has 2 aromatic rings. The molecule has 0 aliphatic rings. The second-order valence-electron chi connectivity index (χ2n) is 6.42. The summed E-state index contributed by atoms with van der Waals surface area (Å²) in [6.45, 7) is 9.19. The third-order valence-electron chi connectivity index (χ3n) is 4.20. The van der Waals surface area contributed by atoms with Crippen molar-refractivity contribution in [1.29, 1.82) is 0 Å². The Morgan fingerprint density at radius 2 is 1.56 bits per heavy atom. The van der Waals surface area contributed by atoms with Crippen LogP contribution in [0.15, 0.2) is 47.4 Å². The highest BCUT2D eigenvalue weighted by molar-refractivity contribution is 7.89. The summed E-state index contributed by atoms with van der Waals surface area (Å²) in [4.78, 5) is 0.311. The van der Waals surface area contributed by atoms with Crippen LogP contribution in [-0.2, 0) is 16.6 Å². The smallest absolute Gasteiger partial charge is 0.243 e. The molecular weight excluding hydrogens is 378 g/mol. The third kappa shape index (κ3) is 5.76. The van der Waals surface area contributed by atoms with Crippen LogP contribution < -0.4 is 10.6 Å². The monoisotopic (exact) mass is 405 g/mol. The van der Waals surface area contributed by atoms with Gasteiger partial charge in [0.1, 0.15) is 0 Å². The number of sulfonamides is 1. The molecule has 0 bridgehead atoms. The first-order chi connectivity index (χ1) is 12.8. The van der Waals surface area contributed by atoms with Gasteiger partial charge in [0.2, 0.25) is 10.0 Å². The number of aryl methyl sites for hydroxylation is 2. The summed E-state index contributed by atoms with van der Waals surface area (Å²) >= 11 is 5.35. The van der Waals surface area contributed by atoms with Gasteiger partial charge in [-0.15, -0.1) is 0 Å². The Bertz CT molecular complexity index is 870. The van der Waals surface area contributed by atoms with Crippen LogP contribution in [0.5, 0.6) is 0 Å². The molecule has 2 rings (SSSR count). The van der Waals surface area contributed by atoms with E-state index < -0.39 is 10.0 Å². The van der Waals surface area contributed by atoms with E-state index in [2.05, 4.69) is 16.7 Å². The molecule has 0 spiro atoms. The summed E-state index contributed by atoms with van der Waals surface area (Å²) in [6.07, 6.45) is 0. The number of anilines is 1. The van der Waals surface area contributed by atoms with Crippen molar-refractivity contribution in [3.05, 3.63) is 59.2 Å². The van der Waals surface area contributed by atoms with Crippen LogP contribution in [0.4, 0.5) is 5.69 Å². The second-order valence-corrected chi connectivity index (χ2v) is 8.76. The maximum absolute atomic E-state index is 12.5. The van der Waals surface area contributed by atoms with Gasteiger partial charge in [0.15, 0.2) is 5.11 Å². The minimum absolute atomic E-state index is 0.311. The second kappa shape index (κ2) is 9.30. The molecular formula is C20H27N3O2S2. The molecule has 27 heavy (non-hydrogen) atoms. The molecule has 0 unspecified atom stereocenters. The molecule has 0 aliphatic heterocycles. The molecule has 2 aromatic carbocycles. The first kappa shape index (κ1) is 21.3. The molecule has 0 radical (unpaired) electrons. The van der Waals surface area contributed by atoms with Gasteiger partial charge in [-0.25, -0.2) is 8.42 Å². The summed E-state index contributed by atoms with van der Waals surface area (Å²) in [5, 5.41) is 6.86. The largest absolute Gasteiger partial charge is 0.358 e. The van der Waals surface area contributed by atoms with Crippen molar-refractivity contribution in [3.63, 3.8) is 0 Å². The molecule has 146 valence electrons. The maximum atomic E-state index is 12.5. The summed E-state index contributed by atoms with van der Waals surface area (Å²) < 4.78 is 26.5. The Labute approximate surface area is 167 Å². The molecule has 2 N–H and O–H groups in total. The average molecular weight is 406 g/mol. The highest BCUT2D eigenvalue weighted by Crippen LogP contribution is 2.16. The van der Waals surface area contributed by atoms with Crippen molar-refractivity contribution in [3.8, 4) is 0 Å². The molecule has 0 saturated heterocycles. The van der Waals surface area contributed by atoms with Gasteiger partial charge in [0, 0.05) is 25.3 Å². The minimum Gasteiger partial charge on any atom is -0.358 e. The van der Waals surface area contributed by atoms with Crippen LogP contribution in [0, 0.1) is 13.8 Å². The number of nitrogens with one attached hydrogen (secondary N) is 2. The van der Waals surface area contributed by atoms with Gasteiger partial charge in [0.25, 0.3) is 0 Å². The van der Waals surface area contributed by atoms with Crippen molar-refractivity contribution in [2.75, 3.05) is 18.4 Å². The number of nitrogens with zero attached hydrogens (tertiary/aromatic N) is 1. The third-order valence-corrected chi connectivity index (χ3v) is 6.51. The van der Waals surface area contributed by atoms with Gasteiger partial charge in [-0.1, -0.05) is 32.0 Å². The zero-order valence-corrected chi connectivity index (χ0v) is 17.9. The average Bonchev–Trinajstić information content (AvgIpc) is 2.60. The maximum Gasteiger partial charge on any atom is 0.243 e. The molecule has 7 heteroatoms. The first-order valence-corrected chi connectivity index (χ1v) is 10.8. The summed E-state index contributed by atoms with van der Waals surface area (Å²) in [6, 6.07) is 13.1. The minimum atomic E-state index is -3.42. The number of benzene rings is 2. The lowest BCUT2D eigenvalue weighted by atomic mass is 10.1. The molecule has 0 saturated carbocycles. The molecule has 0 heterocycles. The van der Waals surface area contributed by atoms with Gasteiger partial charge in [-0.05, 0) is 67.0 Å². The van der Waals surface area contributed by atoms with Gasteiger partial charge in [0.05, 0.1) is 4.90 Å². The van der Waals surface area contributed by atoms with E-state index >= 15 is 0 Å². The molecule has 0 aliphatic carbocycles. The van der Waals surface area contributed by atoms with Crippen LogP contribution in [-0.4, -0.2) is 30.9 Å². The first-order valence-electron chi connectivity index (χ1n) is 8.98. The van der Waals surface area contributed by atoms with E-state index in [0.717, 1.165) is 11.3 Å². The van der Waals surface area contributed by atoms with Gasteiger partial charge in [-0.3, -0.25) is 0 Å². The fourth-order valence-corrected chi connectivity index (χ4v) is 4.54. The van der Waals surface area contributed by atoms with E-state index in [0.29, 0.717) is 29.6 Å². The van der Waals surface area contributed by atoms with E-state index in [1.165, 1.54) is 15.4 Å². The number of hydrogen-bond acceptors (Lipinski definition) is 3. The highest BCUT2D eigenvalue weighted by atomic mass is 32.2. The van der Waals surface area contributed by atoms with Crippen molar-refractivity contribution < 1.29 is 8.42 Å². The van der Waals surface area contributed by atoms with Crippen LogP contribution in [0.2, 0.25) is 0 Å². The van der Waals surface area contributed by atoms with Crippen LogP contribution >= 0.6 is 12.2 Å². The van der Waals surface area contributed by atoms with Crippen LogP contribution in [0.25, 0.3) is 0 Å². The van der Waals surface area contributed by atoms with Gasteiger partial charge in [-0.2, -0.15) is 4.31 Å². The van der Waals surface area contributed by atoms with E-state index in [1.807, 2.05) is 52.0 Å². The van der Waals surface area contributed by atoms with Crippen molar-refractivity contribution in [2.24, 2.45) is 0 Å². The van der Waals surface area contributed by atoms with E-state index in [-0.39, 0.29) is 0 Å². The summed E-state index contributed by atoms with van der Waals surface area (Å²) in [5.74, 6) is 0. The fourth-order valence-electron chi connectivity index (χ4n) is 2.90. The van der Waals surface area contributed by atoms with Crippen molar-refractivity contribution in [2.45, 2.75) is 39.1 Å².